The van der Waals surface area contributed by atoms with Gasteiger partial charge in [0.25, 0.3) is 0 Å². The highest BCUT2D eigenvalue weighted by Crippen LogP contribution is 1.75. The molecule has 0 heterocycles. The van der Waals surface area contributed by atoms with Crippen LogP contribution < -0.4 is 0 Å². The van der Waals surface area contributed by atoms with Crippen LogP contribution in [-0.2, 0) is 0 Å². The molecule has 0 spiro atoms. The summed E-state index contributed by atoms with van der Waals surface area (Å²) in [6.45, 7) is 16.5. The molecular weight excluding hydrogens is 150 g/mol. The summed E-state index contributed by atoms with van der Waals surface area (Å²) in [5, 5.41) is 8.73. The van der Waals surface area contributed by atoms with Crippen LogP contribution in [-0.4, -0.2) is 15.7 Å². The summed E-state index contributed by atoms with van der Waals surface area (Å²) >= 11 is 0. The molecule has 0 aromatic heterocycles. The Bertz CT molecular complexity index is 121. The summed E-state index contributed by atoms with van der Waals surface area (Å²) < 4.78 is 0.910. The molecule has 0 radical (unpaired) electrons. The number of hydrogen-bond acceptors (Lipinski definition) is 1. The molecular formula is C10H22NO+. The predicted octanol–water partition coefficient (Wildman–Crippen LogP) is 3.23. The maximum absolute atomic E-state index is 8.73. The van der Waals surface area contributed by atoms with Gasteiger partial charge in [-0.2, -0.15) is 0 Å². The highest BCUT2D eigenvalue weighted by molar-refractivity contribution is 5.87. The molecule has 0 aliphatic rings. The lowest BCUT2D eigenvalue weighted by Crippen LogP contribution is -2.04. The molecule has 0 aliphatic heterocycles. The van der Waals surface area contributed by atoms with E-state index >= 15 is 0 Å². The zero-order valence-electron chi connectivity index (χ0n) is 8.96. The molecule has 0 aromatic carbocycles. The zero-order chi connectivity index (χ0) is 10.6. The Hall–Kier alpha value is -1.05. The van der Waals surface area contributed by atoms with Gasteiger partial charge in [-0.05, 0) is 6.58 Å². The second kappa shape index (κ2) is 16.5. The van der Waals surface area contributed by atoms with Crippen molar-refractivity contribution in [3.05, 3.63) is 25.4 Å². The van der Waals surface area contributed by atoms with Gasteiger partial charge in [0, 0.05) is 17.7 Å². The Morgan fingerprint density at radius 3 is 1.58 bits per heavy atom. The maximum atomic E-state index is 8.73. The van der Waals surface area contributed by atoms with Crippen molar-refractivity contribution in [1.29, 1.82) is 0 Å². The first kappa shape index (κ1) is 17.2. The third-order valence-electron chi connectivity index (χ3n) is 0.830. The van der Waals surface area contributed by atoms with Crippen molar-refractivity contribution >= 4 is 5.71 Å². The Morgan fingerprint density at radius 2 is 1.50 bits per heavy atom. The molecule has 0 aliphatic carbocycles. The summed E-state index contributed by atoms with van der Waals surface area (Å²) in [4.78, 5) is 0. The van der Waals surface area contributed by atoms with Gasteiger partial charge < -0.3 is 0 Å². The van der Waals surface area contributed by atoms with Crippen LogP contribution in [0.2, 0.25) is 0 Å². The molecule has 12 heavy (non-hydrogen) atoms. The quantitative estimate of drug-likeness (QED) is 0.294. The summed E-state index contributed by atoms with van der Waals surface area (Å²) in [5.41, 5.74) is 0.667. The fraction of sp³-hybridized carbons (Fsp3) is 0.500. The highest BCUT2D eigenvalue weighted by Gasteiger charge is 1.95. The lowest BCUT2D eigenvalue weighted by atomic mass is 10.4. The first-order valence-corrected chi connectivity index (χ1v) is 4.29. The number of nitrogens with zero attached hydrogens (tertiary/aromatic N) is 1. The minimum Gasteiger partial charge on any atom is -0.285 e. The first-order chi connectivity index (χ1) is 5.72. The van der Waals surface area contributed by atoms with Gasteiger partial charge in [0.05, 0.1) is 0 Å². The van der Waals surface area contributed by atoms with Crippen molar-refractivity contribution in [2.75, 3.05) is 0 Å². The summed E-state index contributed by atoms with van der Waals surface area (Å²) in [6, 6.07) is 0. The molecule has 0 amide bonds. The van der Waals surface area contributed by atoms with E-state index in [2.05, 4.69) is 13.2 Å². The van der Waals surface area contributed by atoms with E-state index < -0.39 is 0 Å². The van der Waals surface area contributed by atoms with Crippen molar-refractivity contribution in [2.45, 2.75) is 34.6 Å². The SMILES string of the molecule is C=C/C(C)=[N+](/O)C=C.CC.CC. The molecule has 72 valence electrons. The van der Waals surface area contributed by atoms with Gasteiger partial charge in [-0.15, -0.1) is 0 Å². The van der Waals surface area contributed by atoms with Crippen molar-refractivity contribution in [3.8, 4) is 0 Å². The van der Waals surface area contributed by atoms with Crippen LogP contribution in [0.15, 0.2) is 25.4 Å². The second-order valence-electron chi connectivity index (χ2n) is 1.37. The van der Waals surface area contributed by atoms with Crippen LogP contribution >= 0.6 is 0 Å². The van der Waals surface area contributed by atoms with Crippen molar-refractivity contribution in [3.63, 3.8) is 0 Å². The number of rotatable bonds is 2. The minimum atomic E-state index is 0.667. The number of hydrogen-bond donors (Lipinski definition) is 1. The van der Waals surface area contributed by atoms with E-state index in [0.29, 0.717) is 5.71 Å². The Morgan fingerprint density at radius 1 is 1.17 bits per heavy atom. The van der Waals surface area contributed by atoms with Crippen LogP contribution in [0.3, 0.4) is 0 Å². The summed E-state index contributed by atoms with van der Waals surface area (Å²) in [6.07, 6.45) is 2.85. The maximum Gasteiger partial charge on any atom is 0.230 e. The van der Waals surface area contributed by atoms with Gasteiger partial charge in [0.2, 0.25) is 11.9 Å². The molecule has 0 rings (SSSR count). The molecule has 0 unspecified atom stereocenters. The summed E-state index contributed by atoms with van der Waals surface area (Å²) in [5.74, 6) is 0. The van der Waals surface area contributed by atoms with Crippen molar-refractivity contribution < 1.29 is 9.95 Å². The Balaban J connectivity index is -0.000000175. The van der Waals surface area contributed by atoms with E-state index in [1.54, 1.807) is 13.0 Å². The van der Waals surface area contributed by atoms with Gasteiger partial charge in [-0.1, -0.05) is 34.3 Å². The van der Waals surface area contributed by atoms with E-state index in [1.807, 2.05) is 27.7 Å². The molecule has 2 heteroatoms. The monoisotopic (exact) mass is 172 g/mol. The van der Waals surface area contributed by atoms with Gasteiger partial charge in [0.15, 0.2) is 0 Å². The number of allylic oxidation sites excluding steroid dienone is 1. The second-order valence-corrected chi connectivity index (χ2v) is 1.37. The normalized spacial score (nSPS) is 9.08. The molecule has 0 aromatic rings. The molecule has 1 N–H and O–H groups in total. The van der Waals surface area contributed by atoms with Crippen molar-refractivity contribution in [1.82, 2.24) is 0 Å². The minimum absolute atomic E-state index is 0.667. The van der Waals surface area contributed by atoms with Crippen LogP contribution in [0.25, 0.3) is 0 Å². The predicted molar refractivity (Wildman–Crippen MR) is 55.8 cm³/mol. The largest absolute Gasteiger partial charge is 0.285 e. The van der Waals surface area contributed by atoms with E-state index in [4.69, 9.17) is 5.21 Å². The van der Waals surface area contributed by atoms with Crippen LogP contribution in [0.1, 0.15) is 34.6 Å². The van der Waals surface area contributed by atoms with Gasteiger partial charge in [-0.25, -0.2) is 0 Å². The Labute approximate surface area is 76.5 Å². The smallest absolute Gasteiger partial charge is 0.230 e. The fourth-order valence-corrected chi connectivity index (χ4v) is 0.238. The molecule has 0 atom stereocenters. The van der Waals surface area contributed by atoms with Crippen LogP contribution in [0.4, 0.5) is 0 Å². The molecule has 0 saturated carbocycles. The highest BCUT2D eigenvalue weighted by atomic mass is 16.5. The van der Waals surface area contributed by atoms with Gasteiger partial charge >= 0.3 is 0 Å². The molecule has 2 nitrogen and oxygen atoms in total. The summed E-state index contributed by atoms with van der Waals surface area (Å²) in [7, 11) is 0. The van der Waals surface area contributed by atoms with Gasteiger partial charge in [0.1, 0.15) is 0 Å². The molecule has 0 saturated heterocycles. The number of hydroxylamine groups is 1. The van der Waals surface area contributed by atoms with E-state index in [-0.39, 0.29) is 0 Å². The van der Waals surface area contributed by atoms with Crippen molar-refractivity contribution in [2.24, 2.45) is 0 Å². The average molecular weight is 172 g/mol. The standard InChI is InChI=1S/C6H10NO.2C2H6/c1-4-6(3)7(8)5-2;2*1-2/h4-5,8H,1-2H2,3H3;2*1-2H3/q+1;;/b7-6+;;. The first-order valence-electron chi connectivity index (χ1n) is 4.29. The van der Waals surface area contributed by atoms with E-state index in [1.165, 1.54) is 6.20 Å². The third kappa shape index (κ3) is 11.7. The fourth-order valence-electron chi connectivity index (χ4n) is 0.238. The van der Waals surface area contributed by atoms with Gasteiger partial charge in [-0.3, -0.25) is 5.21 Å². The molecule has 0 fully saturated rings. The topological polar surface area (TPSA) is 23.2 Å². The lowest BCUT2D eigenvalue weighted by Gasteiger charge is -1.81. The van der Waals surface area contributed by atoms with E-state index in [9.17, 15) is 0 Å². The van der Waals surface area contributed by atoms with Crippen LogP contribution in [0.5, 0.6) is 0 Å². The third-order valence-corrected chi connectivity index (χ3v) is 0.830. The Kier molecular flexibility index (Phi) is 23.6. The zero-order valence-corrected chi connectivity index (χ0v) is 8.96. The molecule has 0 bridgehead atoms. The average Bonchev–Trinajstić information content (AvgIpc) is 2.21. The van der Waals surface area contributed by atoms with Crippen LogP contribution in [0, 0.1) is 0 Å². The van der Waals surface area contributed by atoms with E-state index in [0.717, 1.165) is 4.74 Å². The lowest BCUT2D eigenvalue weighted by molar-refractivity contribution is -0.724.